The molecule has 0 N–H and O–H groups in total. The monoisotopic (exact) mass is 1910 g/mol. The zero-order valence-electron chi connectivity index (χ0n) is 81.8. The van der Waals surface area contributed by atoms with Crippen molar-refractivity contribution < 1.29 is 13.3 Å². The van der Waals surface area contributed by atoms with Crippen LogP contribution in [-0.4, -0.2) is 0 Å². The lowest BCUT2D eigenvalue weighted by Crippen LogP contribution is -2.10. The van der Waals surface area contributed by atoms with E-state index < -0.39 is 0 Å². The lowest BCUT2D eigenvalue weighted by atomic mass is 9.96. The molecule has 0 atom stereocenters. The Kier molecular flexibility index (Phi) is 21.9. The van der Waals surface area contributed by atoms with Gasteiger partial charge in [-0.1, -0.05) is 425 Å². The van der Waals surface area contributed by atoms with Crippen molar-refractivity contribution >= 4 is 214 Å². The van der Waals surface area contributed by atoms with Crippen molar-refractivity contribution in [2.45, 2.75) is 0 Å². The van der Waals surface area contributed by atoms with Crippen molar-refractivity contribution in [2.24, 2.45) is 0 Å². The Hall–Kier alpha value is -19.9. The Morgan fingerprint density at radius 2 is 0.393 bits per heavy atom. The van der Waals surface area contributed by atoms with E-state index in [9.17, 15) is 0 Å². The second kappa shape index (κ2) is 37.4. The first-order chi connectivity index (χ1) is 74.4. The summed E-state index contributed by atoms with van der Waals surface area (Å²) in [6.07, 6.45) is 0. The Balaban J connectivity index is 0.000000109. The van der Waals surface area contributed by atoms with Crippen LogP contribution in [0.1, 0.15) is 0 Å². The van der Waals surface area contributed by atoms with E-state index in [1.807, 2.05) is 6.07 Å². The summed E-state index contributed by atoms with van der Waals surface area (Å²) >= 11 is 0. The fraction of sp³-hybridized carbons (Fsp3) is 0. The molecule has 150 heavy (non-hydrogen) atoms. The molecule has 30 aromatic rings. The van der Waals surface area contributed by atoms with Crippen LogP contribution in [-0.2, 0) is 0 Å². The highest BCUT2D eigenvalue weighted by Crippen LogP contribution is 2.52. The van der Waals surface area contributed by atoms with Crippen LogP contribution in [0.2, 0.25) is 0 Å². The molecule has 6 heteroatoms. The number of fused-ring (bicyclic) bond motifs is 24. The molecule has 3 aromatic heterocycles. The molecule has 0 spiro atoms. The standard InChI is InChI=1S/C52H35NO.C50H31NO.C42H27NO/c1-4-11-36(12-5-1)39-19-27-44(28-20-39)53(45-29-21-40(22-30-45)37-13-6-2-7-14-37)46-31-23-41(24-32-46)47-18-10-17-42-25-34-49-48-33-26-43(38-15-8-3-9-16-38)35-50(48)54-52(49)51(42)47;1-2-10-32(11-3-1)43-17-9-19-47-49(43)44-28-25-36-14-8-18-46(48(36)50(44)52-47)51(38-27-29-42-37(30-38)23-22-33-12-4-6-15-40(33)42)39-26-24-35-21-20-34-13-5-7-16-41(34)45(35)31-39;1-3-11-28(12-4-1)36-18-10-20-39-41(36)37-25-23-30-14-9-19-38(40(30)42(37)44-39)43(32-15-5-2-6-16-32)33-24-26-35-31(27-33)22-21-29-13-7-8-17-34(29)35/h1-35H;1-31H;1-27H. The number of anilines is 9. The quantitative estimate of drug-likeness (QED) is 0.0954. The van der Waals surface area contributed by atoms with Crippen LogP contribution in [0.25, 0.3) is 230 Å². The number of hydrogen-bond acceptors (Lipinski definition) is 6. The molecule has 0 bridgehead atoms. The Morgan fingerprint density at radius 1 is 0.120 bits per heavy atom. The van der Waals surface area contributed by atoms with Gasteiger partial charge in [-0.05, 0) is 287 Å². The van der Waals surface area contributed by atoms with E-state index in [2.05, 4.69) is 573 Å². The van der Waals surface area contributed by atoms with Crippen molar-refractivity contribution in [3.8, 4) is 66.8 Å². The van der Waals surface area contributed by atoms with Gasteiger partial charge in [0.05, 0.1) is 11.4 Å². The van der Waals surface area contributed by atoms with Gasteiger partial charge in [-0.3, -0.25) is 0 Å². The number of para-hydroxylation sites is 1. The first-order valence-corrected chi connectivity index (χ1v) is 51.3. The topological polar surface area (TPSA) is 49.1 Å². The Labute approximate surface area is 866 Å². The van der Waals surface area contributed by atoms with Gasteiger partial charge in [-0.2, -0.15) is 0 Å². The first kappa shape index (κ1) is 87.8. The smallest absolute Gasteiger partial charge is 0.145 e. The molecule has 702 valence electrons. The summed E-state index contributed by atoms with van der Waals surface area (Å²) in [5.74, 6) is 0. The largest absolute Gasteiger partial charge is 0.455 e. The minimum Gasteiger partial charge on any atom is -0.455 e. The number of nitrogens with zero attached hydrogens (tertiary/aromatic N) is 3. The van der Waals surface area contributed by atoms with Crippen LogP contribution in [0.4, 0.5) is 51.2 Å². The predicted octanol–water partition coefficient (Wildman–Crippen LogP) is 41.5. The number of rotatable bonds is 15. The van der Waals surface area contributed by atoms with Crippen LogP contribution < -0.4 is 14.7 Å². The molecule has 27 aromatic carbocycles. The van der Waals surface area contributed by atoms with E-state index in [1.165, 1.54) is 115 Å². The van der Waals surface area contributed by atoms with E-state index in [0.29, 0.717) is 0 Å². The summed E-state index contributed by atoms with van der Waals surface area (Å²) in [5, 5.41) is 28.4. The van der Waals surface area contributed by atoms with Gasteiger partial charge in [0.1, 0.15) is 33.5 Å². The van der Waals surface area contributed by atoms with Crippen molar-refractivity contribution in [1.82, 2.24) is 0 Å². The number of furan rings is 3. The summed E-state index contributed by atoms with van der Waals surface area (Å²) in [5.41, 5.74) is 29.4. The maximum atomic E-state index is 6.91. The van der Waals surface area contributed by atoms with Crippen LogP contribution in [0.5, 0.6) is 0 Å². The SMILES string of the molecule is c1ccc(-c2ccc(N(c3ccc(-c4ccccc4)cc3)c3ccc(-c4cccc5ccc6c7ccc(-c8ccccc8)cc7oc6c45)cc3)cc2)cc1.c1ccc(-c2cccc3oc4c(ccc5cccc(N(c6ccc7c(ccc8ccccc87)c6)c6ccc7ccc8ccccc8c7c6)c54)c23)cc1.c1ccc(-c2cccc3oc4c(ccc5cccc(N(c6ccccc6)c6ccc7c(ccc8ccccc87)c6)c54)c23)cc1. The molecule has 30 rings (SSSR count). The van der Waals surface area contributed by atoms with Crippen molar-refractivity contribution in [3.05, 3.63) is 564 Å². The first-order valence-electron chi connectivity index (χ1n) is 51.3. The second-order valence-electron chi connectivity index (χ2n) is 38.7. The fourth-order valence-corrected chi connectivity index (χ4v) is 23.0. The maximum absolute atomic E-state index is 6.91. The Morgan fingerprint density at radius 3 is 0.867 bits per heavy atom. The highest BCUT2D eigenvalue weighted by atomic mass is 16.3. The van der Waals surface area contributed by atoms with Gasteiger partial charge >= 0.3 is 0 Å². The molecule has 0 aliphatic carbocycles. The predicted molar refractivity (Wildman–Crippen MR) is 635 cm³/mol. The summed E-state index contributed by atoms with van der Waals surface area (Å²) in [6, 6.07) is 202. The van der Waals surface area contributed by atoms with Gasteiger partial charge in [0.25, 0.3) is 0 Å². The van der Waals surface area contributed by atoms with Crippen LogP contribution in [0.3, 0.4) is 0 Å². The van der Waals surface area contributed by atoms with E-state index in [-0.39, 0.29) is 0 Å². The molecule has 0 saturated carbocycles. The summed E-state index contributed by atoms with van der Waals surface area (Å²) < 4.78 is 20.4. The normalized spacial score (nSPS) is 11.6. The van der Waals surface area contributed by atoms with Crippen molar-refractivity contribution in [1.29, 1.82) is 0 Å². The number of benzene rings is 27. The van der Waals surface area contributed by atoms with Crippen LogP contribution in [0, 0.1) is 0 Å². The number of hydrogen-bond donors (Lipinski definition) is 0. The minimum atomic E-state index is 0.889. The van der Waals surface area contributed by atoms with Crippen LogP contribution in [0.15, 0.2) is 577 Å². The highest BCUT2D eigenvalue weighted by Gasteiger charge is 2.27. The average molecular weight is 1910 g/mol. The van der Waals surface area contributed by atoms with E-state index in [0.717, 1.165) is 166 Å². The molecular formula is C144H93N3O3. The zero-order chi connectivity index (χ0) is 99.1. The Bertz CT molecular complexity index is 10400. The minimum absolute atomic E-state index is 0.889. The summed E-state index contributed by atoms with van der Waals surface area (Å²) in [7, 11) is 0. The molecule has 0 radical (unpaired) electrons. The van der Waals surface area contributed by atoms with Gasteiger partial charge < -0.3 is 28.0 Å². The molecule has 0 aliphatic rings. The molecule has 6 nitrogen and oxygen atoms in total. The average Bonchev–Trinajstić information content (AvgIpc) is 1.53. The second-order valence-corrected chi connectivity index (χ2v) is 38.7. The molecule has 0 aliphatic heterocycles. The van der Waals surface area contributed by atoms with Crippen molar-refractivity contribution in [3.63, 3.8) is 0 Å². The van der Waals surface area contributed by atoms with Crippen molar-refractivity contribution in [2.75, 3.05) is 14.7 Å². The summed E-state index contributed by atoms with van der Waals surface area (Å²) in [6.45, 7) is 0. The fourth-order valence-electron chi connectivity index (χ4n) is 23.0. The highest BCUT2D eigenvalue weighted by molar-refractivity contribution is 6.26. The van der Waals surface area contributed by atoms with Gasteiger partial charge in [0.15, 0.2) is 0 Å². The third-order valence-corrected chi connectivity index (χ3v) is 30.1. The van der Waals surface area contributed by atoms with Gasteiger partial charge in [-0.25, -0.2) is 0 Å². The maximum Gasteiger partial charge on any atom is 0.145 e. The van der Waals surface area contributed by atoms with E-state index >= 15 is 0 Å². The summed E-state index contributed by atoms with van der Waals surface area (Å²) in [4.78, 5) is 7.11. The third-order valence-electron chi connectivity index (χ3n) is 30.1. The molecule has 3 heterocycles. The molecule has 0 saturated heterocycles. The van der Waals surface area contributed by atoms with E-state index in [4.69, 9.17) is 13.3 Å². The van der Waals surface area contributed by atoms with E-state index in [1.54, 1.807) is 0 Å². The zero-order valence-corrected chi connectivity index (χ0v) is 81.8. The molecule has 0 fully saturated rings. The molecule has 0 amide bonds. The molecule has 0 unspecified atom stereocenters. The van der Waals surface area contributed by atoms with Crippen LogP contribution >= 0.6 is 0 Å². The van der Waals surface area contributed by atoms with Gasteiger partial charge in [0, 0.05) is 88.3 Å². The van der Waals surface area contributed by atoms with Gasteiger partial charge in [-0.15, -0.1) is 0 Å². The molecular weight excluding hydrogens is 1820 g/mol. The van der Waals surface area contributed by atoms with Gasteiger partial charge in [0.2, 0.25) is 0 Å². The lowest BCUT2D eigenvalue weighted by Gasteiger charge is -2.28. The lowest BCUT2D eigenvalue weighted by molar-refractivity contribution is 0.672. The third kappa shape index (κ3) is 15.7.